The lowest BCUT2D eigenvalue weighted by Crippen LogP contribution is -2.04. The number of hydrogen-bond donors (Lipinski definition) is 1. The van der Waals surface area contributed by atoms with Gasteiger partial charge < -0.3 is 5.73 Å². The molecule has 2 N–H and O–H groups in total. The van der Waals surface area contributed by atoms with Gasteiger partial charge in [0.1, 0.15) is 0 Å². The van der Waals surface area contributed by atoms with E-state index in [1.54, 1.807) is 18.2 Å². The van der Waals surface area contributed by atoms with Crippen molar-refractivity contribution in [2.75, 3.05) is 12.0 Å². The zero-order valence-corrected chi connectivity index (χ0v) is 12.5. The number of nitrogen functional groups attached to an aromatic ring is 1. The maximum atomic E-state index is 6.14. The Hall–Kier alpha value is -1.57. The minimum absolute atomic E-state index is 0.225. The summed E-state index contributed by atoms with van der Waals surface area (Å²) in [5.74, 6) is 1.02. The van der Waals surface area contributed by atoms with Gasteiger partial charge in [0, 0.05) is 10.6 Å². The van der Waals surface area contributed by atoms with E-state index in [1.165, 1.54) is 16.3 Å². The van der Waals surface area contributed by atoms with Crippen molar-refractivity contribution in [2.24, 2.45) is 0 Å². The molecule has 102 valence electrons. The van der Waals surface area contributed by atoms with E-state index >= 15 is 0 Å². The van der Waals surface area contributed by atoms with Gasteiger partial charge in [-0.2, -0.15) is 19.5 Å². The quantitative estimate of drug-likeness (QED) is 0.729. The number of rotatable bonds is 2. The summed E-state index contributed by atoms with van der Waals surface area (Å²) in [5, 5.41) is 5.82. The Morgan fingerprint density at radius 3 is 2.70 bits per heavy atom. The third kappa shape index (κ3) is 2.28. The summed E-state index contributed by atoms with van der Waals surface area (Å²) in [6.07, 6.45) is 1.86. The fourth-order valence-electron chi connectivity index (χ4n) is 1.66. The number of hydrogen-bond acceptors (Lipinski definition) is 6. The number of fused-ring (bicyclic) bond motifs is 1. The summed E-state index contributed by atoms with van der Waals surface area (Å²) >= 11 is 13.4. The number of aromatic nitrogens is 5. The Balaban J connectivity index is 2.20. The zero-order valence-electron chi connectivity index (χ0n) is 10.2. The van der Waals surface area contributed by atoms with Crippen molar-refractivity contribution >= 4 is 46.7 Å². The normalized spacial score (nSPS) is 11.2. The topological polar surface area (TPSA) is 82.0 Å². The maximum absolute atomic E-state index is 6.14. The van der Waals surface area contributed by atoms with E-state index in [1.807, 2.05) is 6.26 Å². The lowest BCUT2D eigenvalue weighted by Gasteiger charge is -1.99. The van der Waals surface area contributed by atoms with Crippen molar-refractivity contribution in [3.63, 3.8) is 0 Å². The molecular weight excluding hydrogens is 319 g/mol. The van der Waals surface area contributed by atoms with Crippen LogP contribution >= 0.6 is 35.0 Å². The lowest BCUT2D eigenvalue weighted by molar-refractivity contribution is 0.851. The highest BCUT2D eigenvalue weighted by Gasteiger charge is 2.14. The van der Waals surface area contributed by atoms with Crippen LogP contribution in [-0.2, 0) is 0 Å². The molecular formula is C11H8Cl2N6S. The minimum atomic E-state index is 0.225. The number of thioether (sulfide) groups is 1. The van der Waals surface area contributed by atoms with Crippen molar-refractivity contribution < 1.29 is 0 Å². The van der Waals surface area contributed by atoms with Crippen LogP contribution in [0.5, 0.6) is 0 Å². The Labute approximate surface area is 128 Å². The summed E-state index contributed by atoms with van der Waals surface area (Å²) in [6, 6.07) is 5.10. The van der Waals surface area contributed by atoms with E-state index in [4.69, 9.17) is 28.9 Å². The third-order valence-corrected chi connectivity index (χ3v) is 3.66. The van der Waals surface area contributed by atoms with Crippen LogP contribution in [0.3, 0.4) is 0 Å². The van der Waals surface area contributed by atoms with E-state index in [2.05, 4.69) is 20.1 Å². The molecule has 0 saturated heterocycles. The van der Waals surface area contributed by atoms with E-state index < -0.39 is 0 Å². The molecule has 0 saturated carbocycles. The third-order valence-electron chi connectivity index (χ3n) is 2.57. The van der Waals surface area contributed by atoms with E-state index in [-0.39, 0.29) is 5.95 Å². The highest BCUT2D eigenvalue weighted by atomic mass is 35.5. The van der Waals surface area contributed by atoms with Gasteiger partial charge in [-0.3, -0.25) is 0 Å². The second-order valence-corrected chi connectivity index (χ2v) is 5.46. The number of benzene rings is 1. The molecule has 0 unspecified atom stereocenters. The Bertz CT molecular complexity index is 803. The summed E-state index contributed by atoms with van der Waals surface area (Å²) < 4.78 is 1.37. The van der Waals surface area contributed by atoms with Crippen LogP contribution in [0.1, 0.15) is 0 Å². The van der Waals surface area contributed by atoms with Crippen LogP contribution in [0.15, 0.2) is 23.4 Å². The van der Waals surface area contributed by atoms with Gasteiger partial charge in [-0.1, -0.05) is 35.0 Å². The molecule has 2 heterocycles. The second-order valence-electron chi connectivity index (χ2n) is 3.84. The van der Waals surface area contributed by atoms with Gasteiger partial charge in [0.25, 0.3) is 5.78 Å². The molecule has 0 aliphatic carbocycles. The van der Waals surface area contributed by atoms with Gasteiger partial charge in [0.05, 0.1) is 5.02 Å². The highest BCUT2D eigenvalue weighted by molar-refractivity contribution is 7.98. The van der Waals surface area contributed by atoms with E-state index in [9.17, 15) is 0 Å². The molecule has 0 aliphatic heterocycles. The molecule has 20 heavy (non-hydrogen) atoms. The largest absolute Gasteiger partial charge is 0.368 e. The monoisotopic (exact) mass is 326 g/mol. The Kier molecular flexibility index (Phi) is 3.41. The van der Waals surface area contributed by atoms with Crippen molar-refractivity contribution in [3.8, 4) is 11.4 Å². The van der Waals surface area contributed by atoms with Crippen molar-refractivity contribution in [3.05, 3.63) is 28.2 Å². The smallest absolute Gasteiger partial charge is 0.258 e. The van der Waals surface area contributed by atoms with Crippen LogP contribution in [-0.4, -0.2) is 30.8 Å². The molecule has 0 fully saturated rings. The van der Waals surface area contributed by atoms with Gasteiger partial charge >= 0.3 is 0 Å². The van der Waals surface area contributed by atoms with E-state index in [0.29, 0.717) is 32.4 Å². The first-order valence-electron chi connectivity index (χ1n) is 5.48. The molecule has 0 radical (unpaired) electrons. The molecule has 3 aromatic rings. The first-order valence-corrected chi connectivity index (χ1v) is 7.46. The molecule has 6 nitrogen and oxygen atoms in total. The number of nitrogens with zero attached hydrogens (tertiary/aromatic N) is 5. The predicted octanol–water partition coefficient (Wildman–Crippen LogP) is 2.80. The average Bonchev–Trinajstić information content (AvgIpc) is 2.82. The van der Waals surface area contributed by atoms with Crippen LogP contribution < -0.4 is 5.73 Å². The first kappa shape index (κ1) is 13.4. The fourth-order valence-corrected chi connectivity index (χ4v) is 2.51. The van der Waals surface area contributed by atoms with Gasteiger partial charge in [-0.15, -0.1) is 5.10 Å². The SMILES string of the molecule is CSc1nc(N)n2nc(-c3ccc(Cl)cc3Cl)nc2n1. The first-order chi connectivity index (χ1) is 9.58. The van der Waals surface area contributed by atoms with Gasteiger partial charge in [-0.25, -0.2) is 0 Å². The van der Waals surface area contributed by atoms with Gasteiger partial charge in [-0.05, 0) is 24.5 Å². The average molecular weight is 327 g/mol. The molecule has 0 amide bonds. The van der Waals surface area contributed by atoms with Crippen molar-refractivity contribution in [2.45, 2.75) is 5.16 Å². The minimum Gasteiger partial charge on any atom is -0.368 e. The van der Waals surface area contributed by atoms with Crippen LogP contribution in [0.25, 0.3) is 17.2 Å². The van der Waals surface area contributed by atoms with Gasteiger partial charge in [0.15, 0.2) is 11.0 Å². The molecule has 0 bridgehead atoms. The molecule has 1 aromatic carbocycles. The molecule has 0 aliphatic rings. The predicted molar refractivity (Wildman–Crippen MR) is 80.2 cm³/mol. The Morgan fingerprint density at radius 1 is 1.20 bits per heavy atom. The summed E-state index contributed by atoms with van der Waals surface area (Å²) in [5.41, 5.74) is 6.49. The maximum Gasteiger partial charge on any atom is 0.258 e. The lowest BCUT2D eigenvalue weighted by atomic mass is 10.2. The molecule has 2 aromatic heterocycles. The van der Waals surface area contributed by atoms with Crippen LogP contribution in [0, 0.1) is 0 Å². The van der Waals surface area contributed by atoms with Crippen LogP contribution in [0.2, 0.25) is 10.0 Å². The zero-order chi connectivity index (χ0) is 14.3. The fraction of sp³-hybridized carbons (Fsp3) is 0.0909. The standard InChI is InChI=1S/C11H8Cl2N6S/c1-20-11-16-9(14)19-10(17-11)15-8(18-19)6-3-2-5(12)4-7(6)13/h2-4H,1H3,(H2,14,15,16,17,18). The number of nitrogens with two attached hydrogens (primary N) is 1. The number of halogens is 2. The number of anilines is 1. The molecule has 0 atom stereocenters. The van der Waals surface area contributed by atoms with Crippen molar-refractivity contribution in [1.29, 1.82) is 0 Å². The van der Waals surface area contributed by atoms with Gasteiger partial charge in [0.2, 0.25) is 5.95 Å². The molecule has 9 heteroatoms. The van der Waals surface area contributed by atoms with Crippen LogP contribution in [0.4, 0.5) is 5.95 Å². The second kappa shape index (κ2) is 5.08. The summed E-state index contributed by atoms with van der Waals surface area (Å²) in [6.45, 7) is 0. The summed E-state index contributed by atoms with van der Waals surface area (Å²) in [7, 11) is 0. The highest BCUT2D eigenvalue weighted by Crippen LogP contribution is 2.28. The molecule has 0 spiro atoms. The van der Waals surface area contributed by atoms with E-state index in [0.717, 1.165) is 0 Å². The Morgan fingerprint density at radius 2 is 2.00 bits per heavy atom. The van der Waals surface area contributed by atoms with Crippen molar-refractivity contribution in [1.82, 2.24) is 24.6 Å². The molecule has 3 rings (SSSR count). The summed E-state index contributed by atoms with van der Waals surface area (Å²) in [4.78, 5) is 12.7.